The number of amides is 1. The van der Waals surface area contributed by atoms with Gasteiger partial charge < -0.3 is 19.9 Å². The average Bonchev–Trinajstić information content (AvgIpc) is 2.78. The number of piperidine rings is 1. The summed E-state index contributed by atoms with van der Waals surface area (Å²) in [6.45, 7) is 4.82. The van der Waals surface area contributed by atoms with Gasteiger partial charge in [-0.25, -0.2) is 4.98 Å². The zero-order chi connectivity index (χ0) is 21.3. The van der Waals surface area contributed by atoms with Gasteiger partial charge in [0.15, 0.2) is 5.82 Å². The van der Waals surface area contributed by atoms with Crippen LogP contribution in [0.5, 0.6) is 5.75 Å². The number of benzene rings is 1. The molecular weight excluding hydrogens is 378 g/mol. The van der Waals surface area contributed by atoms with Crippen molar-refractivity contribution in [3.63, 3.8) is 0 Å². The van der Waals surface area contributed by atoms with E-state index < -0.39 is 0 Å². The second-order valence-corrected chi connectivity index (χ2v) is 7.88. The zero-order valence-electron chi connectivity index (χ0n) is 18.4. The number of hydrogen-bond donors (Lipinski definition) is 1. The number of ether oxygens (including phenoxy) is 1. The fourth-order valence-corrected chi connectivity index (χ4v) is 3.48. The number of aromatic nitrogens is 2. The minimum atomic E-state index is -0.190. The first kappa shape index (κ1) is 21.9. The number of anilines is 3. The van der Waals surface area contributed by atoms with Crippen LogP contribution in [0, 0.1) is 0 Å². The number of carbonyl (C=O) groups excluding carboxylic acids is 1. The molecule has 0 bridgehead atoms. The minimum absolute atomic E-state index is 0.190. The van der Waals surface area contributed by atoms with Crippen LogP contribution in [-0.4, -0.2) is 49.7 Å². The van der Waals surface area contributed by atoms with Crippen molar-refractivity contribution in [2.24, 2.45) is 0 Å². The van der Waals surface area contributed by atoms with Crippen molar-refractivity contribution < 1.29 is 9.53 Å². The summed E-state index contributed by atoms with van der Waals surface area (Å²) >= 11 is 0. The van der Waals surface area contributed by atoms with E-state index in [0.29, 0.717) is 23.7 Å². The van der Waals surface area contributed by atoms with Crippen LogP contribution < -0.4 is 19.9 Å². The molecule has 1 saturated heterocycles. The molecule has 1 aliphatic heterocycles. The predicted octanol–water partition coefficient (Wildman–Crippen LogP) is 4.35. The van der Waals surface area contributed by atoms with Crippen LogP contribution in [0.25, 0.3) is 0 Å². The Morgan fingerprint density at radius 2 is 1.87 bits per heavy atom. The number of nitrogens with zero attached hydrogens (tertiary/aromatic N) is 4. The smallest absolute Gasteiger partial charge is 0.255 e. The van der Waals surface area contributed by atoms with Crippen LogP contribution in [-0.2, 0) is 0 Å². The Hall–Kier alpha value is -2.83. The molecule has 0 saturated carbocycles. The van der Waals surface area contributed by atoms with Gasteiger partial charge in [0.2, 0.25) is 5.95 Å². The van der Waals surface area contributed by atoms with Gasteiger partial charge in [0.1, 0.15) is 11.4 Å². The number of rotatable bonds is 9. The summed E-state index contributed by atoms with van der Waals surface area (Å²) in [6.07, 6.45) is 8.66. The van der Waals surface area contributed by atoms with Crippen LogP contribution in [0.3, 0.4) is 0 Å². The summed E-state index contributed by atoms with van der Waals surface area (Å²) < 4.78 is 5.72. The molecule has 2 heterocycles. The summed E-state index contributed by atoms with van der Waals surface area (Å²) in [5.41, 5.74) is 1.17. The fourth-order valence-electron chi connectivity index (χ4n) is 3.48. The molecule has 1 aromatic heterocycles. The second kappa shape index (κ2) is 10.8. The number of carbonyl (C=O) groups is 1. The lowest BCUT2D eigenvalue weighted by molar-refractivity contribution is 0.102. The van der Waals surface area contributed by atoms with Crippen molar-refractivity contribution in [3.8, 4) is 5.75 Å². The van der Waals surface area contributed by atoms with E-state index in [-0.39, 0.29) is 5.91 Å². The standard InChI is InChI=1S/C23H33N5O2/c1-4-5-9-16-30-19-12-10-18(11-13-19)22(29)25-20-17-24-23(26-21(20)27(2)3)28-14-7-6-8-15-28/h10-13,17H,4-9,14-16H2,1-3H3,(H,25,29). The molecular formula is C23H33N5O2. The maximum absolute atomic E-state index is 12.7. The number of unbranched alkanes of at least 4 members (excludes halogenated alkanes) is 2. The normalized spacial score (nSPS) is 13.8. The SMILES string of the molecule is CCCCCOc1ccc(C(=O)Nc2cnc(N3CCCCC3)nc2N(C)C)cc1. The molecule has 0 radical (unpaired) electrons. The zero-order valence-corrected chi connectivity index (χ0v) is 18.4. The Labute approximate surface area is 179 Å². The van der Waals surface area contributed by atoms with Crippen molar-refractivity contribution in [2.45, 2.75) is 45.4 Å². The number of hydrogen-bond acceptors (Lipinski definition) is 6. The predicted molar refractivity (Wildman–Crippen MR) is 122 cm³/mol. The highest BCUT2D eigenvalue weighted by Gasteiger charge is 2.18. The highest BCUT2D eigenvalue weighted by molar-refractivity contribution is 6.05. The molecule has 0 aliphatic carbocycles. The van der Waals surface area contributed by atoms with Crippen LogP contribution in [0.4, 0.5) is 17.5 Å². The third-order valence-electron chi connectivity index (χ3n) is 5.20. The highest BCUT2D eigenvalue weighted by Crippen LogP contribution is 2.26. The first-order valence-corrected chi connectivity index (χ1v) is 10.9. The molecule has 2 aromatic rings. The third kappa shape index (κ3) is 5.84. The Balaban J connectivity index is 1.66. The maximum atomic E-state index is 12.7. The lowest BCUT2D eigenvalue weighted by Gasteiger charge is -2.28. The van der Waals surface area contributed by atoms with Crippen LogP contribution in [0.1, 0.15) is 55.8 Å². The maximum Gasteiger partial charge on any atom is 0.255 e. The van der Waals surface area contributed by atoms with Gasteiger partial charge in [-0.15, -0.1) is 0 Å². The summed E-state index contributed by atoms with van der Waals surface area (Å²) in [4.78, 5) is 26.1. The van der Waals surface area contributed by atoms with Crippen molar-refractivity contribution in [2.75, 3.05) is 48.9 Å². The molecule has 1 aromatic carbocycles. The van der Waals surface area contributed by atoms with Crippen molar-refractivity contribution in [1.29, 1.82) is 0 Å². The van der Waals surface area contributed by atoms with E-state index in [0.717, 1.165) is 50.5 Å². The van der Waals surface area contributed by atoms with Gasteiger partial charge in [0.25, 0.3) is 5.91 Å². The fraction of sp³-hybridized carbons (Fsp3) is 0.522. The van der Waals surface area contributed by atoms with Crippen LogP contribution in [0.15, 0.2) is 30.5 Å². The Bertz CT molecular complexity index is 817. The van der Waals surface area contributed by atoms with Crippen molar-refractivity contribution >= 4 is 23.4 Å². The Kier molecular flexibility index (Phi) is 7.88. The average molecular weight is 412 g/mol. The van der Waals surface area contributed by atoms with Crippen LogP contribution >= 0.6 is 0 Å². The first-order chi connectivity index (χ1) is 14.6. The van der Waals surface area contributed by atoms with Gasteiger partial charge in [0.05, 0.1) is 12.8 Å². The molecule has 0 atom stereocenters. The Morgan fingerprint density at radius 1 is 1.13 bits per heavy atom. The summed E-state index contributed by atoms with van der Waals surface area (Å²) in [5, 5.41) is 2.95. The van der Waals surface area contributed by atoms with Gasteiger partial charge in [-0.3, -0.25) is 4.79 Å². The summed E-state index contributed by atoms with van der Waals surface area (Å²) in [6, 6.07) is 7.24. The topological polar surface area (TPSA) is 70.6 Å². The lowest BCUT2D eigenvalue weighted by atomic mass is 10.1. The van der Waals surface area contributed by atoms with E-state index in [1.807, 2.05) is 31.1 Å². The summed E-state index contributed by atoms with van der Waals surface area (Å²) in [7, 11) is 3.84. The van der Waals surface area contributed by atoms with E-state index in [1.165, 1.54) is 12.8 Å². The van der Waals surface area contributed by atoms with Crippen molar-refractivity contribution in [3.05, 3.63) is 36.0 Å². The van der Waals surface area contributed by atoms with Crippen molar-refractivity contribution in [1.82, 2.24) is 9.97 Å². The molecule has 1 fully saturated rings. The van der Waals surface area contributed by atoms with Gasteiger partial charge in [-0.05, 0) is 49.9 Å². The first-order valence-electron chi connectivity index (χ1n) is 10.9. The number of nitrogens with one attached hydrogen (secondary N) is 1. The molecule has 30 heavy (non-hydrogen) atoms. The Morgan fingerprint density at radius 3 is 2.53 bits per heavy atom. The minimum Gasteiger partial charge on any atom is -0.494 e. The van der Waals surface area contributed by atoms with Gasteiger partial charge >= 0.3 is 0 Å². The third-order valence-corrected chi connectivity index (χ3v) is 5.20. The summed E-state index contributed by atoms with van der Waals surface area (Å²) in [5.74, 6) is 2.02. The molecule has 0 unspecified atom stereocenters. The van der Waals surface area contributed by atoms with E-state index in [9.17, 15) is 4.79 Å². The van der Waals surface area contributed by atoms with E-state index in [2.05, 4.69) is 22.1 Å². The van der Waals surface area contributed by atoms with E-state index in [4.69, 9.17) is 9.72 Å². The quantitative estimate of drug-likeness (QED) is 0.619. The molecule has 1 amide bonds. The molecule has 7 heteroatoms. The molecule has 3 rings (SSSR count). The van der Waals surface area contributed by atoms with Crippen LogP contribution in [0.2, 0.25) is 0 Å². The van der Waals surface area contributed by atoms with E-state index in [1.54, 1.807) is 18.3 Å². The molecule has 1 N–H and O–H groups in total. The second-order valence-electron chi connectivity index (χ2n) is 7.88. The van der Waals surface area contributed by atoms with Gasteiger partial charge in [0, 0.05) is 32.7 Å². The molecule has 1 aliphatic rings. The lowest BCUT2D eigenvalue weighted by Crippen LogP contribution is -2.31. The van der Waals surface area contributed by atoms with Gasteiger partial charge in [-0.1, -0.05) is 19.8 Å². The van der Waals surface area contributed by atoms with E-state index >= 15 is 0 Å². The largest absolute Gasteiger partial charge is 0.494 e. The van der Waals surface area contributed by atoms with Gasteiger partial charge in [-0.2, -0.15) is 4.98 Å². The molecule has 162 valence electrons. The highest BCUT2D eigenvalue weighted by atomic mass is 16.5. The molecule has 0 spiro atoms. The monoisotopic (exact) mass is 411 g/mol. The molecule has 7 nitrogen and oxygen atoms in total.